The molecule has 2 atom stereocenters. The molecule has 0 saturated carbocycles. The van der Waals surface area contributed by atoms with Crippen molar-refractivity contribution in [3.63, 3.8) is 0 Å². The summed E-state index contributed by atoms with van der Waals surface area (Å²) in [5, 5.41) is 8.88. The zero-order valence-corrected chi connectivity index (χ0v) is 16.5. The van der Waals surface area contributed by atoms with Crippen LogP contribution in [0.3, 0.4) is 0 Å². The summed E-state index contributed by atoms with van der Waals surface area (Å²) in [6, 6.07) is 0. The Morgan fingerprint density at radius 1 is 1.00 bits per heavy atom. The van der Waals surface area contributed by atoms with Gasteiger partial charge in [-0.1, -0.05) is 46.0 Å². The summed E-state index contributed by atoms with van der Waals surface area (Å²) in [5.41, 5.74) is 0. The molecule has 4 nitrogen and oxygen atoms in total. The van der Waals surface area contributed by atoms with Gasteiger partial charge in [0.15, 0.2) is 0 Å². The first-order valence-corrected chi connectivity index (χ1v) is 8.51. The summed E-state index contributed by atoms with van der Waals surface area (Å²) < 4.78 is 32.6. The van der Waals surface area contributed by atoms with Gasteiger partial charge in [-0.05, 0) is 25.7 Å². The third-order valence-corrected chi connectivity index (χ3v) is 4.70. The van der Waals surface area contributed by atoms with E-state index in [-0.39, 0.29) is 57.5 Å². The average molecular weight is 319 g/mol. The number of unbranched alkanes of at least 4 members (excludes halogenated alkanes) is 3. The van der Waals surface area contributed by atoms with Crippen LogP contribution in [0, 0.1) is 0 Å². The van der Waals surface area contributed by atoms with E-state index >= 15 is 0 Å². The molecule has 2 unspecified atom stereocenters. The quantitative estimate of drug-likeness (QED) is 0.326. The number of hydrogen-bond acceptors (Lipinski definition) is 4. The molecule has 19 heavy (non-hydrogen) atoms. The molecule has 6 heteroatoms. The van der Waals surface area contributed by atoms with Gasteiger partial charge in [0, 0.05) is 5.25 Å². The predicted octanol–water partition coefficient (Wildman–Crippen LogP) is -0.184. The minimum atomic E-state index is -4.13. The van der Waals surface area contributed by atoms with Gasteiger partial charge in [-0.3, -0.25) is 0 Å². The van der Waals surface area contributed by atoms with E-state index in [2.05, 4.69) is 6.92 Å². The van der Waals surface area contributed by atoms with Crippen LogP contribution >= 0.6 is 0 Å². The molecule has 0 bridgehead atoms. The molecule has 0 rings (SSSR count). The second kappa shape index (κ2) is 13.2. The summed E-state index contributed by atoms with van der Waals surface area (Å²) in [4.78, 5) is 0. The van der Waals surface area contributed by atoms with Crippen molar-refractivity contribution in [2.75, 3.05) is 0 Å². The molecule has 0 saturated heterocycles. The fourth-order valence-electron chi connectivity index (χ4n) is 2.07. The number of aliphatic hydroxyl groups excluding tert-OH is 1. The van der Waals surface area contributed by atoms with Crippen LogP contribution < -0.4 is 51.4 Å². The van der Waals surface area contributed by atoms with Gasteiger partial charge in [0.2, 0.25) is 0 Å². The van der Waals surface area contributed by atoms with E-state index in [4.69, 9.17) is 0 Å². The SMILES string of the molecule is CCCCC(O)CCCCCC(CC)S(=O)(=O)[O-].[K+]. The van der Waals surface area contributed by atoms with Gasteiger partial charge in [0.05, 0.1) is 16.2 Å². The van der Waals surface area contributed by atoms with Gasteiger partial charge in [-0.15, -0.1) is 0 Å². The smallest absolute Gasteiger partial charge is 0.748 e. The van der Waals surface area contributed by atoms with Gasteiger partial charge in [-0.25, -0.2) is 8.42 Å². The molecule has 0 spiro atoms. The minimum Gasteiger partial charge on any atom is -0.748 e. The van der Waals surface area contributed by atoms with Crippen molar-refractivity contribution in [3.05, 3.63) is 0 Å². The maximum Gasteiger partial charge on any atom is 1.00 e. The predicted molar refractivity (Wildman–Crippen MR) is 72.4 cm³/mol. The Morgan fingerprint density at radius 2 is 1.53 bits per heavy atom. The van der Waals surface area contributed by atoms with Gasteiger partial charge in [-0.2, -0.15) is 0 Å². The molecule has 0 aromatic heterocycles. The summed E-state index contributed by atoms with van der Waals surface area (Å²) in [6.45, 7) is 3.83. The van der Waals surface area contributed by atoms with Gasteiger partial charge < -0.3 is 9.66 Å². The first kappa shape index (κ1) is 22.8. The number of aliphatic hydroxyl groups is 1. The minimum absolute atomic E-state index is 0. The molecule has 0 radical (unpaired) electrons. The normalized spacial score (nSPS) is 14.7. The maximum atomic E-state index is 10.9. The van der Waals surface area contributed by atoms with Crippen molar-refractivity contribution in [2.45, 2.75) is 83.0 Å². The molecule has 0 heterocycles. The van der Waals surface area contributed by atoms with E-state index in [1.807, 2.05) is 0 Å². The third-order valence-electron chi connectivity index (χ3n) is 3.32. The van der Waals surface area contributed by atoms with Crippen molar-refractivity contribution < 1.29 is 69.5 Å². The molecule has 0 amide bonds. The molecule has 0 aliphatic carbocycles. The van der Waals surface area contributed by atoms with Gasteiger partial charge in [0.25, 0.3) is 0 Å². The van der Waals surface area contributed by atoms with E-state index in [9.17, 15) is 18.1 Å². The molecule has 0 aliphatic rings. The van der Waals surface area contributed by atoms with Crippen LogP contribution in [0.2, 0.25) is 0 Å². The Balaban J connectivity index is 0. The summed E-state index contributed by atoms with van der Waals surface area (Å²) in [7, 11) is -4.13. The second-order valence-electron chi connectivity index (χ2n) is 4.96. The second-order valence-corrected chi connectivity index (χ2v) is 6.61. The summed E-state index contributed by atoms with van der Waals surface area (Å²) >= 11 is 0. The third kappa shape index (κ3) is 12.9. The summed E-state index contributed by atoms with van der Waals surface area (Å²) in [6.07, 6.45) is 6.93. The van der Waals surface area contributed by atoms with Crippen molar-refractivity contribution in [3.8, 4) is 0 Å². The fraction of sp³-hybridized carbons (Fsp3) is 1.00. The molecular formula is C13H27KO4S. The largest absolute Gasteiger partial charge is 1.00 e. The molecule has 0 aromatic carbocycles. The maximum absolute atomic E-state index is 10.9. The molecule has 110 valence electrons. The molecule has 0 aromatic rings. The van der Waals surface area contributed by atoms with Crippen LogP contribution in [-0.2, 0) is 10.1 Å². The van der Waals surface area contributed by atoms with Crippen molar-refractivity contribution in [1.29, 1.82) is 0 Å². The molecular weight excluding hydrogens is 291 g/mol. The van der Waals surface area contributed by atoms with Gasteiger partial charge in [0.1, 0.15) is 0 Å². The first-order valence-electron chi connectivity index (χ1n) is 7.04. The van der Waals surface area contributed by atoms with Crippen molar-refractivity contribution >= 4 is 10.1 Å². The van der Waals surface area contributed by atoms with Crippen LogP contribution in [-0.4, -0.2) is 29.4 Å². The zero-order valence-electron chi connectivity index (χ0n) is 12.6. The number of rotatable bonds is 11. The van der Waals surface area contributed by atoms with E-state index in [0.717, 1.165) is 44.9 Å². The average Bonchev–Trinajstić information content (AvgIpc) is 2.29. The van der Waals surface area contributed by atoms with Crippen molar-refractivity contribution in [2.24, 2.45) is 0 Å². The van der Waals surface area contributed by atoms with Crippen LogP contribution in [0.15, 0.2) is 0 Å². The molecule has 1 N–H and O–H groups in total. The van der Waals surface area contributed by atoms with Crippen LogP contribution in [0.1, 0.15) is 71.6 Å². The van der Waals surface area contributed by atoms with Crippen LogP contribution in [0.5, 0.6) is 0 Å². The van der Waals surface area contributed by atoms with Gasteiger partial charge >= 0.3 is 51.4 Å². The number of hydrogen-bond donors (Lipinski definition) is 1. The monoisotopic (exact) mass is 318 g/mol. The zero-order chi connectivity index (χ0) is 14.0. The summed E-state index contributed by atoms with van der Waals surface area (Å²) in [5.74, 6) is 0. The van der Waals surface area contributed by atoms with Crippen molar-refractivity contribution in [1.82, 2.24) is 0 Å². The fourth-order valence-corrected chi connectivity index (χ4v) is 2.93. The Kier molecular flexibility index (Phi) is 15.8. The van der Waals surface area contributed by atoms with Crippen LogP contribution in [0.25, 0.3) is 0 Å². The van der Waals surface area contributed by atoms with E-state index in [0.29, 0.717) is 12.8 Å². The van der Waals surface area contributed by atoms with E-state index < -0.39 is 15.4 Å². The first-order chi connectivity index (χ1) is 8.41. The Morgan fingerprint density at radius 3 is 2.00 bits per heavy atom. The Labute approximate surface area is 160 Å². The van der Waals surface area contributed by atoms with Crippen LogP contribution in [0.4, 0.5) is 0 Å². The van der Waals surface area contributed by atoms with E-state index in [1.165, 1.54) is 0 Å². The topological polar surface area (TPSA) is 77.4 Å². The molecule has 0 aliphatic heterocycles. The standard InChI is InChI=1S/C13H28O4S.K/c1-3-5-9-12(14)10-7-6-8-11-13(4-2)18(15,16)17;/h12-14H,3-11H2,1-2H3,(H,15,16,17);/q;+1/p-1. The Bertz CT molecular complexity index is 293. The van der Waals surface area contributed by atoms with E-state index in [1.54, 1.807) is 6.92 Å². The molecule has 0 fully saturated rings. The Hall–Kier alpha value is 1.51.